The predicted octanol–water partition coefficient (Wildman–Crippen LogP) is 2.06. The first kappa shape index (κ1) is 13.2. The highest BCUT2D eigenvalue weighted by atomic mass is 32.2. The summed E-state index contributed by atoms with van der Waals surface area (Å²) in [6.07, 6.45) is 1.43. The van der Waals surface area contributed by atoms with Crippen molar-refractivity contribution in [2.24, 2.45) is 0 Å². The number of benzene rings is 1. The Kier molecular flexibility index (Phi) is 3.24. The molecule has 1 amide bonds. The van der Waals surface area contributed by atoms with Crippen LogP contribution in [0.25, 0.3) is 16.1 Å². The topological polar surface area (TPSA) is 98.2 Å². The molecular weight excluding hydrogens is 324 g/mol. The molecular formula is C12H8N6O2S2. The number of nitrogens with zero attached hydrogens (tertiary/aromatic N) is 5. The van der Waals surface area contributed by atoms with Gasteiger partial charge in [-0.3, -0.25) is 4.79 Å². The summed E-state index contributed by atoms with van der Waals surface area (Å²) in [5.74, 6) is 0.305. The lowest BCUT2D eigenvalue weighted by atomic mass is 10.3. The van der Waals surface area contributed by atoms with E-state index in [-0.39, 0.29) is 11.7 Å². The number of carbonyl (C=O) groups excluding carboxylic acids is 1. The molecule has 10 heteroatoms. The van der Waals surface area contributed by atoms with Gasteiger partial charge in [-0.2, -0.15) is 4.52 Å². The normalized spacial score (nSPS) is 11.3. The third kappa shape index (κ3) is 2.53. The molecule has 0 spiro atoms. The van der Waals surface area contributed by atoms with Crippen LogP contribution in [0.4, 0.5) is 5.13 Å². The number of anilines is 1. The minimum Gasteiger partial charge on any atom is -0.396 e. The van der Waals surface area contributed by atoms with E-state index in [9.17, 15) is 4.79 Å². The number of nitrogens with one attached hydrogen (secondary N) is 1. The average Bonchev–Trinajstić information content (AvgIpc) is 3.18. The number of aromatic nitrogens is 5. The van der Waals surface area contributed by atoms with E-state index in [2.05, 4.69) is 25.6 Å². The smallest absolute Gasteiger partial charge is 0.345 e. The zero-order chi connectivity index (χ0) is 14.9. The van der Waals surface area contributed by atoms with Gasteiger partial charge in [0.15, 0.2) is 5.13 Å². The first-order valence-electron chi connectivity index (χ1n) is 6.23. The standard InChI is InChI=1S/C12H8N6O2S2/c19-9(5-21-12-17-18-6-13-16-11(18)20-12)15-10-14-7-3-1-2-4-8(7)22-10/h1-4,6H,5H2,(H,14,15,19). The Labute approximate surface area is 131 Å². The molecule has 22 heavy (non-hydrogen) atoms. The Morgan fingerprint density at radius 1 is 1.41 bits per heavy atom. The molecule has 3 heterocycles. The first-order chi connectivity index (χ1) is 10.8. The molecule has 1 N–H and O–H groups in total. The number of fused-ring (bicyclic) bond motifs is 2. The molecule has 0 radical (unpaired) electrons. The maximum absolute atomic E-state index is 11.9. The molecule has 0 fully saturated rings. The molecule has 0 saturated carbocycles. The molecule has 110 valence electrons. The van der Waals surface area contributed by atoms with Crippen molar-refractivity contribution in [2.45, 2.75) is 5.22 Å². The Balaban J connectivity index is 1.40. The Morgan fingerprint density at radius 2 is 2.32 bits per heavy atom. The predicted molar refractivity (Wildman–Crippen MR) is 82.0 cm³/mol. The summed E-state index contributed by atoms with van der Waals surface area (Å²) in [5, 5.41) is 15.2. The summed E-state index contributed by atoms with van der Waals surface area (Å²) in [5.41, 5.74) is 0.872. The van der Waals surface area contributed by atoms with Crippen LogP contribution in [-0.4, -0.2) is 36.5 Å². The third-order valence-electron chi connectivity index (χ3n) is 2.74. The van der Waals surface area contributed by atoms with Crippen molar-refractivity contribution in [2.75, 3.05) is 11.1 Å². The Bertz CT molecular complexity index is 897. The maximum Gasteiger partial charge on any atom is 0.345 e. The van der Waals surface area contributed by atoms with Crippen LogP contribution in [0.3, 0.4) is 0 Å². The van der Waals surface area contributed by atoms with Gasteiger partial charge in [-0.1, -0.05) is 40.3 Å². The minimum atomic E-state index is -0.168. The molecule has 0 aliphatic heterocycles. The zero-order valence-corrected chi connectivity index (χ0v) is 12.6. The Morgan fingerprint density at radius 3 is 3.18 bits per heavy atom. The van der Waals surface area contributed by atoms with Crippen molar-refractivity contribution in [3.8, 4) is 0 Å². The van der Waals surface area contributed by atoms with E-state index in [1.165, 1.54) is 33.9 Å². The summed E-state index contributed by atoms with van der Waals surface area (Å²) < 4.78 is 7.75. The van der Waals surface area contributed by atoms with Gasteiger partial charge in [-0.15, -0.1) is 10.2 Å². The fourth-order valence-corrected chi connectivity index (χ4v) is 3.30. The van der Waals surface area contributed by atoms with Crippen LogP contribution in [0.15, 0.2) is 40.2 Å². The van der Waals surface area contributed by atoms with E-state index in [1.54, 1.807) is 0 Å². The number of thiazole rings is 1. The highest BCUT2D eigenvalue weighted by Gasteiger charge is 2.12. The molecule has 1 aromatic carbocycles. The average molecular weight is 332 g/mol. The lowest BCUT2D eigenvalue weighted by molar-refractivity contribution is -0.113. The zero-order valence-electron chi connectivity index (χ0n) is 11.0. The Hall–Kier alpha value is -2.46. The van der Waals surface area contributed by atoms with Gasteiger partial charge >= 0.3 is 5.84 Å². The van der Waals surface area contributed by atoms with Gasteiger partial charge in [0.25, 0.3) is 5.22 Å². The van der Waals surface area contributed by atoms with Gasteiger partial charge in [0.2, 0.25) is 5.91 Å². The SMILES string of the molecule is O=C(CSc1nn2cnnc2o1)Nc1nc2ccccc2s1. The van der Waals surface area contributed by atoms with E-state index in [4.69, 9.17) is 4.42 Å². The van der Waals surface area contributed by atoms with Crippen LogP contribution < -0.4 is 5.32 Å². The summed E-state index contributed by atoms with van der Waals surface area (Å²) in [6.45, 7) is 0. The van der Waals surface area contributed by atoms with Gasteiger partial charge in [-0.05, 0) is 12.1 Å². The lowest BCUT2D eigenvalue weighted by Gasteiger charge is -1.98. The number of hydrogen-bond acceptors (Lipinski definition) is 8. The fraction of sp³-hybridized carbons (Fsp3) is 0.0833. The molecule has 0 saturated heterocycles. The van der Waals surface area contributed by atoms with E-state index in [0.717, 1.165) is 10.2 Å². The molecule has 0 aliphatic rings. The van der Waals surface area contributed by atoms with Crippen LogP contribution in [-0.2, 0) is 4.79 Å². The van der Waals surface area contributed by atoms with Crippen LogP contribution >= 0.6 is 23.1 Å². The second-order valence-corrected chi connectivity index (χ2v) is 6.21. The molecule has 0 bridgehead atoms. The van der Waals surface area contributed by atoms with Gasteiger partial charge in [-0.25, -0.2) is 4.98 Å². The van der Waals surface area contributed by atoms with Crippen LogP contribution in [0, 0.1) is 0 Å². The number of hydrogen-bond donors (Lipinski definition) is 1. The van der Waals surface area contributed by atoms with E-state index < -0.39 is 0 Å². The van der Waals surface area contributed by atoms with Gasteiger partial charge in [0, 0.05) is 0 Å². The second kappa shape index (κ2) is 5.39. The van der Waals surface area contributed by atoms with Gasteiger partial charge in [0.1, 0.15) is 6.33 Å². The largest absolute Gasteiger partial charge is 0.396 e. The fourth-order valence-electron chi connectivity index (χ4n) is 1.81. The van der Waals surface area contributed by atoms with Crippen molar-refractivity contribution in [3.63, 3.8) is 0 Å². The molecule has 4 rings (SSSR count). The van der Waals surface area contributed by atoms with Crippen LogP contribution in [0.2, 0.25) is 0 Å². The van der Waals surface area contributed by atoms with Crippen LogP contribution in [0.5, 0.6) is 0 Å². The van der Waals surface area contributed by atoms with E-state index >= 15 is 0 Å². The second-order valence-electron chi connectivity index (χ2n) is 4.25. The highest BCUT2D eigenvalue weighted by Crippen LogP contribution is 2.25. The number of amides is 1. The molecule has 3 aromatic heterocycles. The summed E-state index contributed by atoms with van der Waals surface area (Å²) >= 11 is 2.62. The van der Waals surface area contributed by atoms with Gasteiger partial charge in [0.05, 0.1) is 16.0 Å². The van der Waals surface area contributed by atoms with E-state index in [1.807, 2.05) is 24.3 Å². The third-order valence-corrected chi connectivity index (χ3v) is 4.51. The van der Waals surface area contributed by atoms with Crippen LogP contribution in [0.1, 0.15) is 0 Å². The lowest BCUT2D eigenvalue weighted by Crippen LogP contribution is -2.13. The van der Waals surface area contributed by atoms with Crippen molar-refractivity contribution < 1.29 is 9.21 Å². The van der Waals surface area contributed by atoms with Crippen molar-refractivity contribution in [1.29, 1.82) is 0 Å². The maximum atomic E-state index is 11.9. The van der Waals surface area contributed by atoms with Gasteiger partial charge < -0.3 is 9.73 Å². The van der Waals surface area contributed by atoms with Crippen molar-refractivity contribution in [1.82, 2.24) is 24.8 Å². The summed E-state index contributed by atoms with van der Waals surface area (Å²) in [4.78, 5) is 16.3. The molecule has 8 nitrogen and oxygen atoms in total. The molecule has 4 aromatic rings. The van der Waals surface area contributed by atoms with Crippen molar-refractivity contribution >= 4 is 50.2 Å². The number of carbonyl (C=O) groups is 1. The number of para-hydroxylation sites is 1. The number of thioether (sulfide) groups is 1. The quantitative estimate of drug-likeness (QED) is 0.571. The molecule has 0 unspecified atom stereocenters. The summed E-state index contributed by atoms with van der Waals surface area (Å²) in [7, 11) is 0. The molecule has 0 atom stereocenters. The summed E-state index contributed by atoms with van der Waals surface area (Å²) in [6, 6.07) is 7.73. The van der Waals surface area contributed by atoms with Crippen molar-refractivity contribution in [3.05, 3.63) is 30.6 Å². The molecule has 0 aliphatic carbocycles. The first-order valence-corrected chi connectivity index (χ1v) is 8.03. The monoisotopic (exact) mass is 332 g/mol. The number of rotatable bonds is 4. The highest BCUT2D eigenvalue weighted by molar-refractivity contribution is 7.99. The van der Waals surface area contributed by atoms with E-state index in [0.29, 0.717) is 16.2 Å². The minimum absolute atomic E-state index is 0.168.